The van der Waals surface area contributed by atoms with Gasteiger partial charge >= 0.3 is 0 Å². The van der Waals surface area contributed by atoms with E-state index in [9.17, 15) is 14.9 Å². The third-order valence-corrected chi connectivity index (χ3v) is 5.33. The molecule has 7 heteroatoms. The number of piperidine rings is 1. The molecule has 2 aromatic carbocycles. The molecule has 1 saturated heterocycles. The predicted octanol–water partition coefficient (Wildman–Crippen LogP) is 3.37. The van der Waals surface area contributed by atoms with Crippen LogP contribution in [0.1, 0.15) is 24.8 Å². The van der Waals surface area contributed by atoms with E-state index >= 15 is 0 Å². The predicted molar refractivity (Wildman–Crippen MR) is 105 cm³/mol. The fraction of sp³-hybridized carbons (Fsp3) is 0.381. The number of nitro groups is 1. The first-order valence-corrected chi connectivity index (χ1v) is 9.64. The van der Waals surface area contributed by atoms with Crippen LogP contribution < -0.4 is 9.64 Å². The van der Waals surface area contributed by atoms with E-state index in [1.54, 1.807) is 12.1 Å². The maximum Gasteiger partial charge on any atom is 0.269 e. The Bertz CT molecular complexity index is 862. The van der Waals surface area contributed by atoms with Gasteiger partial charge in [-0.1, -0.05) is 24.3 Å². The van der Waals surface area contributed by atoms with Crippen LogP contribution in [-0.4, -0.2) is 41.5 Å². The number of hydrogen-bond acceptors (Lipinski definition) is 5. The quantitative estimate of drug-likeness (QED) is 0.599. The van der Waals surface area contributed by atoms with E-state index in [-0.39, 0.29) is 11.6 Å². The number of fused-ring (bicyclic) bond motifs is 1. The van der Waals surface area contributed by atoms with E-state index in [2.05, 4.69) is 4.90 Å². The summed E-state index contributed by atoms with van der Waals surface area (Å²) in [5.74, 6) is 0.744. The lowest BCUT2D eigenvalue weighted by atomic mass is 10.1. The molecule has 2 aliphatic rings. The monoisotopic (exact) mass is 381 g/mol. The van der Waals surface area contributed by atoms with Crippen molar-refractivity contribution in [3.05, 3.63) is 64.2 Å². The third-order valence-electron chi connectivity index (χ3n) is 5.33. The van der Waals surface area contributed by atoms with Gasteiger partial charge in [-0.25, -0.2) is 0 Å². The molecule has 7 nitrogen and oxygen atoms in total. The van der Waals surface area contributed by atoms with E-state index in [0.29, 0.717) is 18.8 Å². The van der Waals surface area contributed by atoms with Gasteiger partial charge in [0.1, 0.15) is 5.75 Å². The molecule has 0 bridgehead atoms. The largest absolute Gasteiger partial charge is 0.477 e. The summed E-state index contributed by atoms with van der Waals surface area (Å²) in [7, 11) is 0. The molecule has 28 heavy (non-hydrogen) atoms. The smallest absolute Gasteiger partial charge is 0.269 e. The van der Waals surface area contributed by atoms with Crippen LogP contribution in [0.4, 0.5) is 11.4 Å². The van der Waals surface area contributed by atoms with Crippen LogP contribution >= 0.6 is 0 Å². The molecule has 0 saturated carbocycles. The average Bonchev–Trinajstić information content (AvgIpc) is 2.74. The molecular formula is C21H23N3O4. The summed E-state index contributed by atoms with van der Waals surface area (Å²) in [5, 5.41) is 10.9. The van der Waals surface area contributed by atoms with E-state index in [0.717, 1.165) is 37.2 Å². The molecule has 1 fully saturated rings. The summed E-state index contributed by atoms with van der Waals surface area (Å²) in [6, 6.07) is 14.2. The number of ether oxygens (including phenoxy) is 1. The van der Waals surface area contributed by atoms with Gasteiger partial charge in [-0.3, -0.25) is 14.9 Å². The second-order valence-electron chi connectivity index (χ2n) is 7.26. The highest BCUT2D eigenvalue weighted by molar-refractivity contribution is 5.83. The van der Waals surface area contributed by atoms with Crippen LogP contribution in [0, 0.1) is 10.1 Å². The summed E-state index contributed by atoms with van der Waals surface area (Å²) in [6.45, 7) is 2.61. The van der Waals surface area contributed by atoms with Crippen molar-refractivity contribution in [2.24, 2.45) is 0 Å². The molecule has 146 valence electrons. The number of anilines is 1. The highest BCUT2D eigenvalue weighted by Crippen LogP contribution is 2.34. The zero-order valence-electron chi connectivity index (χ0n) is 15.6. The Morgan fingerprint density at radius 2 is 1.79 bits per heavy atom. The fourth-order valence-corrected chi connectivity index (χ4v) is 3.85. The second-order valence-corrected chi connectivity index (χ2v) is 7.26. The molecule has 0 spiro atoms. The van der Waals surface area contributed by atoms with Crippen molar-refractivity contribution < 1.29 is 14.5 Å². The molecule has 2 aromatic rings. The lowest BCUT2D eigenvalue weighted by Crippen LogP contribution is -2.51. The number of para-hydroxylation sites is 2. The third kappa shape index (κ3) is 3.78. The molecule has 2 aliphatic heterocycles. The zero-order valence-corrected chi connectivity index (χ0v) is 15.6. The maximum absolute atomic E-state index is 13.0. The normalized spacial score (nSPS) is 18.9. The number of carbonyl (C=O) groups is 1. The molecule has 0 radical (unpaired) electrons. The Hall–Kier alpha value is -3.09. The number of benzene rings is 2. The van der Waals surface area contributed by atoms with Gasteiger partial charge in [0.25, 0.3) is 11.6 Å². The molecule has 2 heterocycles. The van der Waals surface area contributed by atoms with Crippen molar-refractivity contribution in [3.63, 3.8) is 0 Å². The van der Waals surface area contributed by atoms with Crippen LogP contribution in [-0.2, 0) is 11.3 Å². The second kappa shape index (κ2) is 7.88. The van der Waals surface area contributed by atoms with E-state index < -0.39 is 11.0 Å². The fourth-order valence-electron chi connectivity index (χ4n) is 3.85. The average molecular weight is 381 g/mol. The lowest BCUT2D eigenvalue weighted by Gasteiger charge is -2.38. The van der Waals surface area contributed by atoms with Gasteiger partial charge < -0.3 is 14.5 Å². The Morgan fingerprint density at radius 3 is 2.50 bits per heavy atom. The van der Waals surface area contributed by atoms with Crippen molar-refractivity contribution in [3.8, 4) is 5.75 Å². The molecule has 0 N–H and O–H groups in total. The van der Waals surface area contributed by atoms with Gasteiger partial charge in [-0.05, 0) is 37.0 Å². The van der Waals surface area contributed by atoms with E-state index in [1.807, 2.05) is 29.2 Å². The van der Waals surface area contributed by atoms with Gasteiger partial charge in [0.15, 0.2) is 6.10 Å². The highest BCUT2D eigenvalue weighted by atomic mass is 16.6. The Balaban J connectivity index is 1.55. The molecule has 0 aliphatic carbocycles. The SMILES string of the molecule is O=C([C@H]1CN(Cc2ccc([N+](=O)[O-])cc2)c2ccccc2O1)N1CCCCC1. The van der Waals surface area contributed by atoms with E-state index in [1.165, 1.54) is 18.6 Å². The minimum atomic E-state index is -0.536. The number of hydrogen-bond donors (Lipinski definition) is 0. The Morgan fingerprint density at radius 1 is 1.07 bits per heavy atom. The molecule has 1 atom stereocenters. The summed E-state index contributed by atoms with van der Waals surface area (Å²) < 4.78 is 6.04. The van der Waals surface area contributed by atoms with Gasteiger partial charge in [-0.15, -0.1) is 0 Å². The molecular weight excluding hydrogens is 358 g/mol. The Kier molecular flexibility index (Phi) is 5.14. The number of amides is 1. The molecule has 0 unspecified atom stereocenters. The first-order chi connectivity index (χ1) is 13.6. The summed E-state index contributed by atoms with van der Waals surface area (Å²) in [6.07, 6.45) is 2.72. The lowest BCUT2D eigenvalue weighted by molar-refractivity contribution is -0.384. The number of rotatable bonds is 4. The topological polar surface area (TPSA) is 75.9 Å². The first kappa shape index (κ1) is 18.3. The molecule has 0 aromatic heterocycles. The van der Waals surface area contributed by atoms with Gasteiger partial charge in [-0.2, -0.15) is 0 Å². The van der Waals surface area contributed by atoms with Crippen LogP contribution in [0.5, 0.6) is 5.75 Å². The highest BCUT2D eigenvalue weighted by Gasteiger charge is 2.33. The van der Waals surface area contributed by atoms with Crippen molar-refractivity contribution >= 4 is 17.3 Å². The van der Waals surface area contributed by atoms with Crippen molar-refractivity contribution in [2.45, 2.75) is 31.9 Å². The Labute approximate surface area is 163 Å². The summed E-state index contributed by atoms with van der Waals surface area (Å²) in [4.78, 5) is 27.5. The molecule has 1 amide bonds. The van der Waals surface area contributed by atoms with Gasteiger partial charge in [0, 0.05) is 31.8 Å². The number of likely N-dealkylation sites (tertiary alicyclic amines) is 1. The summed E-state index contributed by atoms with van der Waals surface area (Å²) >= 11 is 0. The van der Waals surface area contributed by atoms with Crippen LogP contribution in [0.2, 0.25) is 0 Å². The number of carbonyl (C=O) groups excluding carboxylic acids is 1. The van der Waals surface area contributed by atoms with Crippen LogP contribution in [0.25, 0.3) is 0 Å². The van der Waals surface area contributed by atoms with Gasteiger partial charge in [0.05, 0.1) is 17.2 Å². The van der Waals surface area contributed by atoms with Crippen molar-refractivity contribution in [1.29, 1.82) is 0 Å². The van der Waals surface area contributed by atoms with Gasteiger partial charge in [0.2, 0.25) is 0 Å². The number of nitrogens with zero attached hydrogens (tertiary/aromatic N) is 3. The molecule has 4 rings (SSSR count). The van der Waals surface area contributed by atoms with Crippen LogP contribution in [0.3, 0.4) is 0 Å². The minimum Gasteiger partial charge on any atom is -0.477 e. The van der Waals surface area contributed by atoms with Crippen molar-refractivity contribution in [2.75, 3.05) is 24.5 Å². The van der Waals surface area contributed by atoms with Crippen molar-refractivity contribution in [1.82, 2.24) is 4.90 Å². The first-order valence-electron chi connectivity index (χ1n) is 9.64. The van der Waals surface area contributed by atoms with Crippen LogP contribution in [0.15, 0.2) is 48.5 Å². The summed E-state index contributed by atoms with van der Waals surface area (Å²) in [5.41, 5.74) is 1.96. The maximum atomic E-state index is 13.0. The standard InChI is InChI=1S/C21H23N3O4/c25-21(22-12-4-1-5-13-22)20-15-23(18-6-2-3-7-19(18)28-20)14-16-8-10-17(11-9-16)24(26)27/h2-3,6-11,20H,1,4-5,12-15H2/t20-/m1/s1. The zero-order chi connectivity index (χ0) is 19.5. The number of nitro benzene ring substituents is 1. The van der Waals surface area contributed by atoms with E-state index in [4.69, 9.17) is 4.74 Å². The minimum absolute atomic E-state index is 0.0444. The number of non-ortho nitro benzene ring substituents is 1.